The van der Waals surface area contributed by atoms with E-state index in [1.165, 1.54) is 0 Å². The van der Waals surface area contributed by atoms with Gasteiger partial charge in [0, 0.05) is 23.6 Å². The summed E-state index contributed by atoms with van der Waals surface area (Å²) in [5.41, 5.74) is 3.13. The second-order valence-electron chi connectivity index (χ2n) is 9.78. The lowest BCUT2D eigenvalue weighted by atomic mass is 9.92. The number of carbonyl (C=O) groups excluding carboxylic acids is 2. The van der Waals surface area contributed by atoms with Crippen LogP contribution in [-0.4, -0.2) is 46.7 Å². The summed E-state index contributed by atoms with van der Waals surface area (Å²) in [6, 6.07) is 16.9. The van der Waals surface area contributed by atoms with Gasteiger partial charge in [-0.15, -0.1) is 0 Å². The van der Waals surface area contributed by atoms with Crippen molar-refractivity contribution in [2.45, 2.75) is 52.9 Å². The van der Waals surface area contributed by atoms with Crippen LogP contribution in [0.15, 0.2) is 54.6 Å². The lowest BCUT2D eigenvalue weighted by Crippen LogP contribution is -2.39. The van der Waals surface area contributed by atoms with Crippen molar-refractivity contribution in [2.24, 2.45) is 0 Å². The molecule has 2 aromatic carbocycles. The summed E-state index contributed by atoms with van der Waals surface area (Å²) in [5, 5.41) is 7.78. The summed E-state index contributed by atoms with van der Waals surface area (Å²) in [7, 11) is 1.56. The van der Waals surface area contributed by atoms with Gasteiger partial charge in [-0.2, -0.15) is 5.10 Å². The summed E-state index contributed by atoms with van der Waals surface area (Å²) < 4.78 is 7.02. The first kappa shape index (κ1) is 26.0. The van der Waals surface area contributed by atoms with E-state index in [4.69, 9.17) is 9.84 Å². The molecule has 0 spiro atoms. The molecule has 0 aliphatic heterocycles. The minimum Gasteiger partial charge on any atom is -0.497 e. The SMILES string of the molecule is CCCCN(CC(=O)Nc1cc(C(C)(C)C)nn1-c1cccc(C)c1)C(=O)c1cccc(OC)c1. The Morgan fingerprint density at radius 2 is 1.83 bits per heavy atom. The highest BCUT2D eigenvalue weighted by Crippen LogP contribution is 2.26. The Labute approximate surface area is 208 Å². The van der Waals surface area contributed by atoms with Crippen LogP contribution in [0.3, 0.4) is 0 Å². The maximum Gasteiger partial charge on any atom is 0.254 e. The highest BCUT2D eigenvalue weighted by Gasteiger charge is 2.23. The molecule has 3 rings (SSSR count). The minimum atomic E-state index is -0.272. The van der Waals surface area contributed by atoms with Crippen molar-refractivity contribution in [1.82, 2.24) is 14.7 Å². The van der Waals surface area contributed by atoms with Gasteiger partial charge in [0.25, 0.3) is 5.91 Å². The Bertz CT molecular complexity index is 1180. The fraction of sp³-hybridized carbons (Fsp3) is 0.393. The fourth-order valence-corrected chi connectivity index (χ4v) is 3.69. The molecule has 186 valence electrons. The van der Waals surface area contributed by atoms with Crippen molar-refractivity contribution in [3.05, 3.63) is 71.4 Å². The molecule has 1 heterocycles. The molecule has 2 amide bonds. The lowest BCUT2D eigenvalue weighted by molar-refractivity contribution is -0.116. The first-order valence-electron chi connectivity index (χ1n) is 12.0. The van der Waals surface area contributed by atoms with Crippen molar-refractivity contribution in [3.8, 4) is 11.4 Å². The van der Waals surface area contributed by atoms with Gasteiger partial charge in [-0.25, -0.2) is 4.68 Å². The van der Waals surface area contributed by atoms with E-state index in [2.05, 4.69) is 33.0 Å². The number of aromatic nitrogens is 2. The zero-order valence-corrected chi connectivity index (χ0v) is 21.6. The number of aryl methyl sites for hydroxylation is 1. The van der Waals surface area contributed by atoms with E-state index in [1.54, 1.807) is 41.0 Å². The molecule has 0 fully saturated rings. The molecule has 0 saturated carbocycles. The number of hydrogen-bond donors (Lipinski definition) is 1. The average Bonchev–Trinajstić information content (AvgIpc) is 3.25. The number of carbonyl (C=O) groups is 2. The topological polar surface area (TPSA) is 76.5 Å². The van der Waals surface area contributed by atoms with Crippen molar-refractivity contribution >= 4 is 17.6 Å². The molecule has 1 N–H and O–H groups in total. The van der Waals surface area contributed by atoms with E-state index in [1.807, 2.05) is 37.3 Å². The number of hydrogen-bond acceptors (Lipinski definition) is 4. The van der Waals surface area contributed by atoms with Gasteiger partial charge >= 0.3 is 0 Å². The number of ether oxygens (including phenoxy) is 1. The molecule has 0 saturated heterocycles. The number of unbranched alkanes of at least 4 members (excludes halogenated alkanes) is 1. The predicted octanol–water partition coefficient (Wildman–Crippen LogP) is 5.37. The number of rotatable bonds is 9. The third-order valence-electron chi connectivity index (χ3n) is 5.71. The Balaban J connectivity index is 1.86. The second kappa shape index (κ2) is 11.2. The van der Waals surface area contributed by atoms with Gasteiger partial charge in [0.2, 0.25) is 5.91 Å². The lowest BCUT2D eigenvalue weighted by Gasteiger charge is -2.22. The average molecular weight is 477 g/mol. The molecule has 1 aromatic heterocycles. The van der Waals surface area contributed by atoms with E-state index < -0.39 is 0 Å². The molecule has 7 nitrogen and oxygen atoms in total. The summed E-state index contributed by atoms with van der Waals surface area (Å²) in [5.74, 6) is 0.712. The molecule has 0 bridgehead atoms. The Morgan fingerprint density at radius 1 is 1.09 bits per heavy atom. The van der Waals surface area contributed by atoms with Crippen molar-refractivity contribution < 1.29 is 14.3 Å². The van der Waals surface area contributed by atoms with E-state index in [9.17, 15) is 9.59 Å². The van der Waals surface area contributed by atoms with Crippen LogP contribution in [0, 0.1) is 6.92 Å². The number of nitrogens with zero attached hydrogens (tertiary/aromatic N) is 3. The van der Waals surface area contributed by atoms with Gasteiger partial charge in [0.05, 0.1) is 18.5 Å². The van der Waals surface area contributed by atoms with Gasteiger partial charge in [-0.3, -0.25) is 9.59 Å². The standard InChI is InChI=1S/C28H36N4O3/c1-7-8-15-31(27(34)21-12-10-14-23(17-21)35-6)19-26(33)29-25-18-24(28(3,4)5)30-32(25)22-13-9-11-20(2)16-22/h9-14,16-18H,7-8,15,19H2,1-6H3,(H,29,33). The fourth-order valence-electron chi connectivity index (χ4n) is 3.69. The Hall–Kier alpha value is -3.61. The second-order valence-corrected chi connectivity index (χ2v) is 9.78. The van der Waals surface area contributed by atoms with Crippen LogP contribution in [0.5, 0.6) is 5.75 Å². The Kier molecular flexibility index (Phi) is 8.33. The molecule has 0 unspecified atom stereocenters. The van der Waals surface area contributed by atoms with E-state index in [-0.39, 0.29) is 23.8 Å². The number of anilines is 1. The molecule has 7 heteroatoms. The molecule has 0 aliphatic carbocycles. The molecular formula is C28H36N4O3. The summed E-state index contributed by atoms with van der Waals surface area (Å²) in [6.07, 6.45) is 1.72. The smallest absolute Gasteiger partial charge is 0.254 e. The van der Waals surface area contributed by atoms with E-state index >= 15 is 0 Å². The normalized spacial score (nSPS) is 11.3. The van der Waals surface area contributed by atoms with Gasteiger partial charge < -0.3 is 15.0 Å². The molecular weight excluding hydrogens is 440 g/mol. The van der Waals surface area contributed by atoms with Crippen LogP contribution in [0.4, 0.5) is 5.82 Å². The molecule has 35 heavy (non-hydrogen) atoms. The largest absolute Gasteiger partial charge is 0.497 e. The third-order valence-corrected chi connectivity index (χ3v) is 5.71. The highest BCUT2D eigenvalue weighted by atomic mass is 16.5. The van der Waals surface area contributed by atoms with Gasteiger partial charge in [0.15, 0.2) is 0 Å². The van der Waals surface area contributed by atoms with Crippen LogP contribution in [0.25, 0.3) is 5.69 Å². The van der Waals surface area contributed by atoms with Gasteiger partial charge in [-0.05, 0) is 49.2 Å². The van der Waals surface area contributed by atoms with E-state index in [0.717, 1.165) is 29.8 Å². The first-order chi connectivity index (χ1) is 16.6. The summed E-state index contributed by atoms with van der Waals surface area (Å²) in [4.78, 5) is 28.0. The maximum absolute atomic E-state index is 13.2. The van der Waals surface area contributed by atoms with Crippen molar-refractivity contribution in [1.29, 1.82) is 0 Å². The monoisotopic (exact) mass is 476 g/mol. The predicted molar refractivity (Wildman–Crippen MR) is 139 cm³/mol. The van der Waals surface area contributed by atoms with Gasteiger partial charge in [0.1, 0.15) is 18.1 Å². The molecule has 0 radical (unpaired) electrons. The quantitative estimate of drug-likeness (QED) is 0.451. The van der Waals surface area contributed by atoms with Crippen LogP contribution in [-0.2, 0) is 10.2 Å². The molecule has 3 aromatic rings. The van der Waals surface area contributed by atoms with Crippen LogP contribution in [0.2, 0.25) is 0 Å². The first-order valence-corrected chi connectivity index (χ1v) is 12.0. The number of benzene rings is 2. The molecule has 0 aliphatic rings. The Morgan fingerprint density at radius 3 is 2.49 bits per heavy atom. The summed E-state index contributed by atoms with van der Waals surface area (Å²) >= 11 is 0. The maximum atomic E-state index is 13.2. The zero-order valence-electron chi connectivity index (χ0n) is 21.6. The number of amides is 2. The van der Waals surface area contributed by atoms with Crippen LogP contribution >= 0.6 is 0 Å². The third kappa shape index (κ3) is 6.72. The molecule has 0 atom stereocenters. The number of methoxy groups -OCH3 is 1. The van der Waals surface area contributed by atoms with E-state index in [0.29, 0.717) is 23.7 Å². The summed E-state index contributed by atoms with van der Waals surface area (Å²) in [6.45, 7) is 10.8. The van der Waals surface area contributed by atoms with Crippen LogP contribution < -0.4 is 10.1 Å². The van der Waals surface area contributed by atoms with Crippen LogP contribution in [0.1, 0.15) is 62.2 Å². The van der Waals surface area contributed by atoms with Crippen molar-refractivity contribution in [3.63, 3.8) is 0 Å². The zero-order chi connectivity index (χ0) is 25.6. The van der Waals surface area contributed by atoms with Gasteiger partial charge in [-0.1, -0.05) is 52.3 Å². The minimum absolute atomic E-state index is 0.0557. The highest BCUT2D eigenvalue weighted by molar-refractivity contribution is 5.99. The number of nitrogens with one attached hydrogen (secondary N) is 1. The van der Waals surface area contributed by atoms with Crippen molar-refractivity contribution in [2.75, 3.05) is 25.5 Å².